The third-order valence-corrected chi connectivity index (χ3v) is 2.96. The zero-order valence-electron chi connectivity index (χ0n) is 8.45. The summed E-state index contributed by atoms with van der Waals surface area (Å²) in [5.74, 6) is -1.62. The third-order valence-electron chi connectivity index (χ3n) is 1.44. The van der Waals surface area contributed by atoms with Gasteiger partial charge in [-0.3, -0.25) is 4.21 Å². The predicted molar refractivity (Wildman–Crippen MR) is 48.0 cm³/mol. The molecule has 0 fully saturated rings. The minimum absolute atomic E-state index is 0. The number of carboxylic acids is 1. The zero-order chi connectivity index (χ0) is 10.9. The molecule has 0 aliphatic heterocycles. The molecule has 1 rings (SSSR count). The van der Waals surface area contributed by atoms with E-state index in [-0.39, 0.29) is 69.0 Å². The summed E-state index contributed by atoms with van der Waals surface area (Å²) in [7, 11) is 0. The fourth-order valence-corrected chi connectivity index (χ4v) is 1.99. The van der Waals surface area contributed by atoms with Crippen LogP contribution in [0, 0.1) is 0 Å². The molecule has 0 spiro atoms. The van der Waals surface area contributed by atoms with Crippen LogP contribution in [0.3, 0.4) is 0 Å². The van der Waals surface area contributed by atoms with E-state index in [1.54, 1.807) is 0 Å². The molecule has 0 amide bonds. The van der Waals surface area contributed by atoms with E-state index in [1.165, 1.54) is 0 Å². The first-order chi connectivity index (χ1) is 6.45. The molecule has 16 heavy (non-hydrogen) atoms. The summed E-state index contributed by atoms with van der Waals surface area (Å²) in [5.41, 5.74) is -0.518. The molecule has 0 heterocycles. The monoisotopic (exact) mass is 298 g/mol. The molecule has 1 atom stereocenters. The van der Waals surface area contributed by atoms with Crippen molar-refractivity contribution < 1.29 is 77.8 Å². The van der Waals surface area contributed by atoms with Gasteiger partial charge in [-0.1, -0.05) is 23.2 Å². The van der Waals surface area contributed by atoms with Gasteiger partial charge in [0.25, 0.3) is 0 Å². The summed E-state index contributed by atoms with van der Waals surface area (Å²) in [6, 6.07) is 2.24. The molecular weight excluding hydrogens is 297 g/mol. The average molecular weight is 299 g/mol. The second-order valence-electron chi connectivity index (χ2n) is 2.26. The van der Waals surface area contributed by atoms with Crippen molar-refractivity contribution in [3.05, 3.63) is 27.7 Å². The molecule has 0 bridgehead atoms. The van der Waals surface area contributed by atoms with Gasteiger partial charge >= 0.3 is 59.1 Å². The van der Waals surface area contributed by atoms with Crippen LogP contribution in [0.25, 0.3) is 0 Å². The Morgan fingerprint density at radius 3 is 2.12 bits per heavy atom. The first kappa shape index (κ1) is 19.7. The summed E-state index contributed by atoms with van der Waals surface area (Å²) in [6.45, 7) is 0. The van der Waals surface area contributed by atoms with Gasteiger partial charge in [0.2, 0.25) is 0 Å². The van der Waals surface area contributed by atoms with E-state index < -0.39 is 27.6 Å². The topological polar surface area (TPSA) is 80.3 Å². The number of carbonyl (C=O) groups is 1. The molecule has 0 aliphatic carbocycles. The Hall–Kier alpha value is 1.38. The maximum atomic E-state index is 10.6. The van der Waals surface area contributed by atoms with Crippen molar-refractivity contribution in [3.63, 3.8) is 0 Å². The summed E-state index contributed by atoms with van der Waals surface area (Å²) in [6.07, 6.45) is 0. The van der Waals surface area contributed by atoms with Gasteiger partial charge in [0.15, 0.2) is 0 Å². The third kappa shape index (κ3) is 4.57. The van der Waals surface area contributed by atoms with E-state index in [4.69, 9.17) is 23.2 Å². The van der Waals surface area contributed by atoms with Gasteiger partial charge in [0, 0.05) is 10.5 Å². The second-order valence-corrected chi connectivity index (χ2v) is 3.95. The summed E-state index contributed by atoms with van der Waals surface area (Å²) in [4.78, 5) is 10.2. The summed E-state index contributed by atoms with van der Waals surface area (Å²) in [5, 5.41) is 9.93. The molecular formula is C7H2Cl2Na2O4S. The van der Waals surface area contributed by atoms with Gasteiger partial charge in [0.1, 0.15) is 0 Å². The Kier molecular flexibility index (Phi) is 10.4. The van der Waals surface area contributed by atoms with Gasteiger partial charge in [0.05, 0.1) is 16.0 Å². The molecule has 9 heteroatoms. The predicted octanol–water partition coefficient (Wildman–Crippen LogP) is -5.40. The first-order valence-electron chi connectivity index (χ1n) is 3.23. The molecule has 4 nitrogen and oxygen atoms in total. The minimum Gasteiger partial charge on any atom is -0.768 e. The largest absolute Gasteiger partial charge is 1.00 e. The SMILES string of the molecule is O=C([O-])c1c(Cl)ccc(S(=O)[O-])c1Cl.[Na+].[Na+]. The van der Waals surface area contributed by atoms with E-state index in [0.29, 0.717) is 0 Å². The van der Waals surface area contributed by atoms with E-state index >= 15 is 0 Å². The number of rotatable bonds is 2. The Labute approximate surface area is 149 Å². The second kappa shape index (κ2) is 8.48. The van der Waals surface area contributed by atoms with E-state index in [0.717, 1.165) is 12.1 Å². The van der Waals surface area contributed by atoms with Gasteiger partial charge in [-0.25, -0.2) is 0 Å². The number of benzene rings is 1. The van der Waals surface area contributed by atoms with Crippen molar-refractivity contribution >= 4 is 40.3 Å². The van der Waals surface area contributed by atoms with Crippen LogP contribution in [0.5, 0.6) is 0 Å². The Morgan fingerprint density at radius 1 is 1.25 bits per heavy atom. The number of carboxylic acid groups (broad SMARTS) is 1. The van der Waals surface area contributed by atoms with Crippen LogP contribution in [0.15, 0.2) is 17.0 Å². The van der Waals surface area contributed by atoms with Crippen LogP contribution in [0.1, 0.15) is 10.4 Å². The number of hydrogen-bond donors (Lipinski definition) is 0. The Morgan fingerprint density at radius 2 is 1.75 bits per heavy atom. The molecule has 0 N–H and O–H groups in total. The molecule has 0 saturated carbocycles. The van der Waals surface area contributed by atoms with E-state index in [2.05, 4.69) is 0 Å². The van der Waals surface area contributed by atoms with Crippen LogP contribution in [-0.2, 0) is 11.1 Å². The molecule has 0 saturated heterocycles. The number of hydrogen-bond acceptors (Lipinski definition) is 4. The van der Waals surface area contributed by atoms with Crippen molar-refractivity contribution in [2.24, 2.45) is 0 Å². The fourth-order valence-electron chi connectivity index (χ4n) is 0.849. The normalized spacial score (nSPS) is 10.9. The Balaban J connectivity index is 0. The number of aromatic carboxylic acids is 1. The summed E-state index contributed by atoms with van der Waals surface area (Å²) < 4.78 is 21.1. The van der Waals surface area contributed by atoms with Crippen LogP contribution in [-0.4, -0.2) is 14.7 Å². The maximum absolute atomic E-state index is 10.6. The van der Waals surface area contributed by atoms with Gasteiger partial charge in [-0.05, 0) is 23.2 Å². The van der Waals surface area contributed by atoms with Gasteiger partial charge in [-0.15, -0.1) is 0 Å². The molecule has 1 unspecified atom stereocenters. The van der Waals surface area contributed by atoms with Crippen LogP contribution in [0.4, 0.5) is 0 Å². The zero-order valence-corrected chi connectivity index (χ0v) is 14.8. The van der Waals surface area contributed by atoms with Gasteiger partial charge < -0.3 is 14.5 Å². The number of carbonyl (C=O) groups excluding carboxylic acids is 1. The van der Waals surface area contributed by atoms with E-state index in [9.17, 15) is 18.7 Å². The van der Waals surface area contributed by atoms with Crippen molar-refractivity contribution in [1.82, 2.24) is 0 Å². The van der Waals surface area contributed by atoms with Crippen molar-refractivity contribution in [2.45, 2.75) is 4.90 Å². The minimum atomic E-state index is -2.61. The first-order valence-corrected chi connectivity index (χ1v) is 5.07. The maximum Gasteiger partial charge on any atom is 1.00 e. The number of halogens is 2. The summed E-state index contributed by atoms with van der Waals surface area (Å²) >= 11 is 8.39. The van der Waals surface area contributed by atoms with Crippen LogP contribution in [0.2, 0.25) is 10.0 Å². The molecule has 0 radical (unpaired) electrons. The smallest absolute Gasteiger partial charge is 0.768 e. The molecule has 0 aromatic heterocycles. The van der Waals surface area contributed by atoms with Gasteiger partial charge in [-0.2, -0.15) is 0 Å². The van der Waals surface area contributed by atoms with Crippen molar-refractivity contribution in [2.75, 3.05) is 0 Å². The molecule has 76 valence electrons. The average Bonchev–Trinajstić information content (AvgIpc) is 2.02. The quantitative estimate of drug-likeness (QED) is 0.403. The standard InChI is InChI=1S/C7H4Cl2O4S.2Na/c8-3-1-2-4(14(12)13)6(9)5(3)7(10)11;;/h1-2H,(H,10,11)(H,12,13);;/q;2*+1/p-2. The Bertz CT molecular complexity index is 427. The molecule has 1 aromatic rings. The molecule has 1 aromatic carbocycles. The molecule has 0 aliphatic rings. The van der Waals surface area contributed by atoms with Crippen molar-refractivity contribution in [1.29, 1.82) is 0 Å². The van der Waals surface area contributed by atoms with Crippen LogP contribution < -0.4 is 64.2 Å². The van der Waals surface area contributed by atoms with Crippen LogP contribution >= 0.6 is 23.2 Å². The van der Waals surface area contributed by atoms with Crippen molar-refractivity contribution in [3.8, 4) is 0 Å². The van der Waals surface area contributed by atoms with E-state index in [1.807, 2.05) is 0 Å². The fraction of sp³-hybridized carbons (Fsp3) is 0.